The van der Waals surface area contributed by atoms with Gasteiger partial charge in [-0.25, -0.2) is 0 Å². The summed E-state index contributed by atoms with van der Waals surface area (Å²) in [5.41, 5.74) is 0.610. The van der Waals surface area contributed by atoms with E-state index >= 15 is 0 Å². The maximum atomic E-state index is 12.1. The molecule has 0 unspecified atom stereocenters. The Hall–Kier alpha value is -1.77. The SMILES string of the molecule is Cn1cc(COc2ccc(OC(F)(F)F)c(Br)c2)nn1. The minimum absolute atomic E-state index is 0.145. The van der Waals surface area contributed by atoms with Gasteiger partial charge in [0.05, 0.1) is 10.7 Å². The molecular weight excluding hydrogens is 343 g/mol. The van der Waals surface area contributed by atoms with Crippen LogP contribution in [0.1, 0.15) is 5.69 Å². The second kappa shape index (κ2) is 5.70. The maximum absolute atomic E-state index is 12.1. The van der Waals surface area contributed by atoms with Crippen LogP contribution in [0.4, 0.5) is 13.2 Å². The first-order valence-corrected chi connectivity index (χ1v) is 6.16. The Labute approximate surface area is 120 Å². The van der Waals surface area contributed by atoms with E-state index < -0.39 is 6.36 Å². The Balaban J connectivity index is 2.01. The average molecular weight is 352 g/mol. The van der Waals surface area contributed by atoms with Gasteiger partial charge in [0, 0.05) is 7.05 Å². The number of aromatic nitrogens is 3. The van der Waals surface area contributed by atoms with E-state index in [0.717, 1.165) is 0 Å². The average Bonchev–Trinajstić information content (AvgIpc) is 2.74. The summed E-state index contributed by atoms with van der Waals surface area (Å²) in [4.78, 5) is 0. The molecule has 5 nitrogen and oxygen atoms in total. The van der Waals surface area contributed by atoms with Crippen LogP contribution in [0.2, 0.25) is 0 Å². The molecule has 0 aliphatic heterocycles. The summed E-state index contributed by atoms with van der Waals surface area (Å²) in [6, 6.07) is 3.93. The summed E-state index contributed by atoms with van der Waals surface area (Å²) in [5, 5.41) is 7.56. The van der Waals surface area contributed by atoms with E-state index in [1.54, 1.807) is 13.2 Å². The lowest BCUT2D eigenvalue weighted by atomic mass is 10.3. The number of halogens is 4. The number of rotatable bonds is 4. The molecule has 1 aromatic carbocycles. The monoisotopic (exact) mass is 351 g/mol. The highest BCUT2D eigenvalue weighted by Gasteiger charge is 2.31. The fourth-order valence-corrected chi connectivity index (χ4v) is 1.84. The van der Waals surface area contributed by atoms with Gasteiger partial charge < -0.3 is 9.47 Å². The van der Waals surface area contributed by atoms with Gasteiger partial charge in [0.25, 0.3) is 0 Å². The highest BCUT2D eigenvalue weighted by molar-refractivity contribution is 9.10. The van der Waals surface area contributed by atoms with Crippen LogP contribution in [0.25, 0.3) is 0 Å². The molecule has 0 saturated heterocycles. The molecule has 108 valence electrons. The van der Waals surface area contributed by atoms with Crippen molar-refractivity contribution < 1.29 is 22.6 Å². The maximum Gasteiger partial charge on any atom is 0.573 e. The molecule has 0 radical (unpaired) electrons. The van der Waals surface area contributed by atoms with E-state index in [9.17, 15) is 13.2 Å². The molecule has 0 N–H and O–H groups in total. The highest BCUT2D eigenvalue weighted by Crippen LogP contribution is 2.33. The fraction of sp³-hybridized carbons (Fsp3) is 0.273. The molecular formula is C11H9BrF3N3O2. The number of hydrogen-bond acceptors (Lipinski definition) is 4. The Kier molecular flexibility index (Phi) is 4.17. The van der Waals surface area contributed by atoms with E-state index in [1.807, 2.05) is 0 Å². The second-order valence-corrected chi connectivity index (χ2v) is 4.67. The zero-order chi connectivity index (χ0) is 14.8. The number of alkyl halides is 3. The van der Waals surface area contributed by atoms with Crippen molar-refractivity contribution in [2.45, 2.75) is 13.0 Å². The van der Waals surface area contributed by atoms with Crippen molar-refractivity contribution in [1.82, 2.24) is 15.0 Å². The first-order chi connectivity index (χ1) is 9.33. The molecule has 20 heavy (non-hydrogen) atoms. The van der Waals surface area contributed by atoms with Crippen molar-refractivity contribution in [3.05, 3.63) is 34.6 Å². The summed E-state index contributed by atoms with van der Waals surface area (Å²) in [6.45, 7) is 0.166. The summed E-state index contributed by atoms with van der Waals surface area (Å²) in [7, 11) is 1.72. The number of nitrogens with zero attached hydrogens (tertiary/aromatic N) is 3. The quantitative estimate of drug-likeness (QED) is 0.849. The molecule has 0 aliphatic rings. The molecule has 2 rings (SSSR count). The van der Waals surface area contributed by atoms with Crippen LogP contribution in [0.3, 0.4) is 0 Å². The van der Waals surface area contributed by atoms with Crippen LogP contribution >= 0.6 is 15.9 Å². The van der Waals surface area contributed by atoms with Gasteiger partial charge in [-0.3, -0.25) is 4.68 Å². The van der Waals surface area contributed by atoms with Gasteiger partial charge in [0.1, 0.15) is 23.8 Å². The first-order valence-electron chi connectivity index (χ1n) is 5.37. The van der Waals surface area contributed by atoms with Crippen molar-refractivity contribution in [1.29, 1.82) is 0 Å². The fourth-order valence-electron chi connectivity index (χ4n) is 1.40. The summed E-state index contributed by atoms with van der Waals surface area (Å²) in [6.07, 6.45) is -3.05. The molecule has 2 aromatic rings. The molecule has 0 saturated carbocycles. The van der Waals surface area contributed by atoms with E-state index in [0.29, 0.717) is 11.4 Å². The van der Waals surface area contributed by atoms with Crippen LogP contribution in [0, 0.1) is 0 Å². The standard InChI is InChI=1S/C11H9BrF3N3O2/c1-18-5-7(16-17-18)6-19-8-2-3-10(9(12)4-8)20-11(13,14)15/h2-5H,6H2,1H3. The number of aryl methyl sites for hydroxylation is 1. The van der Waals surface area contributed by atoms with E-state index in [1.165, 1.54) is 22.9 Å². The van der Waals surface area contributed by atoms with Crippen molar-refractivity contribution in [3.63, 3.8) is 0 Å². The van der Waals surface area contributed by atoms with Crippen molar-refractivity contribution in [3.8, 4) is 11.5 Å². The van der Waals surface area contributed by atoms with Gasteiger partial charge in [-0.1, -0.05) is 5.21 Å². The molecule has 0 bridgehead atoms. The zero-order valence-electron chi connectivity index (χ0n) is 10.2. The highest BCUT2D eigenvalue weighted by atomic mass is 79.9. The predicted octanol–water partition coefficient (Wildman–Crippen LogP) is 3.06. The lowest BCUT2D eigenvalue weighted by Gasteiger charge is -2.11. The van der Waals surface area contributed by atoms with Crippen molar-refractivity contribution in [2.24, 2.45) is 7.05 Å². The van der Waals surface area contributed by atoms with Gasteiger partial charge in [-0.05, 0) is 34.1 Å². The summed E-state index contributed by atoms with van der Waals surface area (Å²) >= 11 is 2.99. The minimum atomic E-state index is -4.73. The van der Waals surface area contributed by atoms with E-state index in [2.05, 4.69) is 31.0 Å². The topological polar surface area (TPSA) is 49.2 Å². The molecule has 0 amide bonds. The van der Waals surface area contributed by atoms with Gasteiger partial charge in [0.15, 0.2) is 0 Å². The van der Waals surface area contributed by atoms with Gasteiger partial charge >= 0.3 is 6.36 Å². The molecule has 9 heteroatoms. The van der Waals surface area contributed by atoms with E-state index in [4.69, 9.17) is 4.74 Å². The van der Waals surface area contributed by atoms with Crippen LogP contribution in [0.15, 0.2) is 28.9 Å². The summed E-state index contributed by atoms with van der Waals surface area (Å²) in [5.74, 6) is 0.0569. The third kappa shape index (κ3) is 4.12. The second-order valence-electron chi connectivity index (χ2n) is 3.81. The van der Waals surface area contributed by atoms with Gasteiger partial charge in [0.2, 0.25) is 0 Å². The molecule has 1 aromatic heterocycles. The lowest BCUT2D eigenvalue weighted by molar-refractivity contribution is -0.274. The molecule has 0 atom stereocenters. The van der Waals surface area contributed by atoms with Gasteiger partial charge in [-0.15, -0.1) is 18.3 Å². The van der Waals surface area contributed by atoms with Crippen LogP contribution < -0.4 is 9.47 Å². The van der Waals surface area contributed by atoms with E-state index in [-0.39, 0.29) is 16.8 Å². The third-order valence-electron chi connectivity index (χ3n) is 2.17. The van der Waals surface area contributed by atoms with Gasteiger partial charge in [-0.2, -0.15) is 0 Å². The Morgan fingerprint density at radius 2 is 2.10 bits per heavy atom. The third-order valence-corrected chi connectivity index (χ3v) is 2.79. The molecule has 1 heterocycles. The van der Waals surface area contributed by atoms with Crippen LogP contribution in [0.5, 0.6) is 11.5 Å². The Morgan fingerprint density at radius 3 is 2.65 bits per heavy atom. The number of hydrogen-bond donors (Lipinski definition) is 0. The smallest absolute Gasteiger partial charge is 0.487 e. The van der Waals surface area contributed by atoms with Crippen molar-refractivity contribution >= 4 is 15.9 Å². The lowest BCUT2D eigenvalue weighted by Crippen LogP contribution is -2.17. The molecule has 0 fully saturated rings. The number of benzene rings is 1. The Bertz CT molecular complexity index is 601. The first kappa shape index (κ1) is 14.6. The summed E-state index contributed by atoms with van der Waals surface area (Å²) < 4.78 is 47.2. The number of ether oxygens (including phenoxy) is 2. The zero-order valence-corrected chi connectivity index (χ0v) is 11.8. The Morgan fingerprint density at radius 1 is 1.35 bits per heavy atom. The largest absolute Gasteiger partial charge is 0.573 e. The predicted molar refractivity (Wildman–Crippen MR) is 66.2 cm³/mol. The molecule has 0 aliphatic carbocycles. The normalized spacial score (nSPS) is 11.4. The molecule has 0 spiro atoms. The van der Waals surface area contributed by atoms with Crippen LogP contribution in [-0.2, 0) is 13.7 Å². The van der Waals surface area contributed by atoms with Crippen LogP contribution in [-0.4, -0.2) is 21.4 Å². The van der Waals surface area contributed by atoms with Crippen molar-refractivity contribution in [2.75, 3.05) is 0 Å². The minimum Gasteiger partial charge on any atom is -0.487 e.